The number of nitrogens with one attached hydrogen (secondary N) is 1. The predicted molar refractivity (Wildman–Crippen MR) is 73.1 cm³/mol. The number of nitrogens with zero attached hydrogens (tertiary/aromatic N) is 1. The maximum absolute atomic E-state index is 12.0. The molecule has 0 saturated heterocycles. The summed E-state index contributed by atoms with van der Waals surface area (Å²) in [6, 6.07) is 2.02. The van der Waals surface area contributed by atoms with Gasteiger partial charge in [0.1, 0.15) is 6.04 Å². The molecule has 0 heterocycles. The molecule has 0 aliphatic rings. The van der Waals surface area contributed by atoms with E-state index in [1.807, 2.05) is 0 Å². The Labute approximate surface area is 120 Å². The quantitative estimate of drug-likeness (QED) is 0.539. The van der Waals surface area contributed by atoms with Crippen molar-refractivity contribution in [2.24, 2.45) is 5.92 Å². The van der Waals surface area contributed by atoms with Crippen molar-refractivity contribution in [3.05, 3.63) is 33.9 Å². The molecule has 2 atom stereocenters. The van der Waals surface area contributed by atoms with Gasteiger partial charge in [0.25, 0.3) is 5.91 Å². The molecular formula is C13H16N2O6. The molecule has 8 nitrogen and oxygen atoms in total. The Morgan fingerprint density at radius 3 is 2.52 bits per heavy atom. The monoisotopic (exact) mass is 296 g/mol. The predicted octanol–water partition coefficient (Wildman–Crippen LogP) is 1.53. The minimum absolute atomic E-state index is 0.0888. The first-order valence-corrected chi connectivity index (χ1v) is 6.29. The zero-order valence-corrected chi connectivity index (χ0v) is 11.6. The number of amides is 1. The number of carbonyl (C=O) groups is 2. The van der Waals surface area contributed by atoms with Gasteiger partial charge in [0, 0.05) is 11.6 Å². The molecule has 1 aromatic carbocycles. The Morgan fingerprint density at radius 1 is 1.43 bits per heavy atom. The van der Waals surface area contributed by atoms with Gasteiger partial charge in [0.05, 0.1) is 4.92 Å². The van der Waals surface area contributed by atoms with Crippen LogP contribution in [0.25, 0.3) is 0 Å². The Balaban J connectivity index is 3.00. The molecule has 0 bridgehead atoms. The Hall–Kier alpha value is -2.64. The summed E-state index contributed by atoms with van der Waals surface area (Å²) in [7, 11) is 0. The van der Waals surface area contributed by atoms with Crippen molar-refractivity contribution in [1.29, 1.82) is 0 Å². The summed E-state index contributed by atoms with van der Waals surface area (Å²) < 4.78 is 0. The molecule has 0 aromatic heterocycles. The molecule has 0 saturated carbocycles. The number of aliphatic carboxylic acids is 1. The number of aromatic hydroxyl groups is 1. The lowest BCUT2D eigenvalue weighted by Gasteiger charge is -2.20. The number of phenols is 1. The zero-order chi connectivity index (χ0) is 16.2. The Bertz CT molecular complexity index is 572. The maximum atomic E-state index is 12.0. The summed E-state index contributed by atoms with van der Waals surface area (Å²) >= 11 is 0. The number of nitro benzene ring substituents is 1. The molecule has 1 rings (SSSR count). The van der Waals surface area contributed by atoms with Gasteiger partial charge in [-0.2, -0.15) is 0 Å². The highest BCUT2D eigenvalue weighted by atomic mass is 16.6. The van der Waals surface area contributed by atoms with Crippen molar-refractivity contribution in [3.8, 4) is 5.75 Å². The molecule has 8 heteroatoms. The normalized spacial score (nSPS) is 13.2. The van der Waals surface area contributed by atoms with Crippen LogP contribution in [0.4, 0.5) is 5.69 Å². The van der Waals surface area contributed by atoms with Crippen molar-refractivity contribution in [2.75, 3.05) is 0 Å². The highest BCUT2D eigenvalue weighted by Crippen LogP contribution is 2.26. The number of rotatable bonds is 6. The van der Waals surface area contributed by atoms with E-state index in [1.54, 1.807) is 13.8 Å². The van der Waals surface area contributed by atoms with E-state index in [4.69, 9.17) is 5.11 Å². The van der Waals surface area contributed by atoms with Crippen LogP contribution in [0.15, 0.2) is 18.2 Å². The van der Waals surface area contributed by atoms with E-state index in [0.717, 1.165) is 12.1 Å². The van der Waals surface area contributed by atoms with Crippen LogP contribution in [0.2, 0.25) is 0 Å². The fraction of sp³-hybridized carbons (Fsp3) is 0.385. The molecule has 21 heavy (non-hydrogen) atoms. The van der Waals surface area contributed by atoms with Gasteiger partial charge in [-0.05, 0) is 18.1 Å². The third kappa shape index (κ3) is 3.91. The van der Waals surface area contributed by atoms with Gasteiger partial charge in [-0.25, -0.2) is 4.79 Å². The molecule has 1 amide bonds. The second kappa shape index (κ2) is 6.69. The van der Waals surface area contributed by atoms with Crippen LogP contribution in [-0.2, 0) is 4.79 Å². The summed E-state index contributed by atoms with van der Waals surface area (Å²) in [5.41, 5.74) is -0.702. The smallest absolute Gasteiger partial charge is 0.326 e. The lowest BCUT2D eigenvalue weighted by molar-refractivity contribution is -0.385. The highest BCUT2D eigenvalue weighted by Gasteiger charge is 2.26. The Morgan fingerprint density at radius 2 is 2.05 bits per heavy atom. The van der Waals surface area contributed by atoms with Crippen LogP contribution in [0, 0.1) is 16.0 Å². The molecule has 0 fully saturated rings. The maximum Gasteiger partial charge on any atom is 0.326 e. The van der Waals surface area contributed by atoms with Gasteiger partial charge >= 0.3 is 11.7 Å². The summed E-state index contributed by atoms with van der Waals surface area (Å²) in [6.07, 6.45) is 0.549. The van der Waals surface area contributed by atoms with Gasteiger partial charge in [-0.3, -0.25) is 14.9 Å². The third-order valence-corrected chi connectivity index (χ3v) is 3.20. The first kappa shape index (κ1) is 16.4. The standard InChI is InChI=1S/C13H16N2O6/c1-3-7(2)11(13(18)19)14-12(17)8-4-5-10(16)9(6-8)15(20)21/h4-7,11,16H,3H2,1-2H3,(H,14,17)(H,18,19)/t7-,11-/m0/s1. The van der Waals surface area contributed by atoms with Crippen molar-refractivity contribution in [2.45, 2.75) is 26.3 Å². The number of carboxylic acids is 1. The molecule has 0 aliphatic carbocycles. The second-order valence-electron chi connectivity index (χ2n) is 4.64. The number of phenolic OH excluding ortho intramolecular Hbond substituents is 1. The zero-order valence-electron chi connectivity index (χ0n) is 11.6. The Kier molecular flexibility index (Phi) is 5.23. The largest absolute Gasteiger partial charge is 0.502 e. The highest BCUT2D eigenvalue weighted by molar-refractivity contribution is 5.97. The van der Waals surface area contributed by atoms with E-state index < -0.39 is 34.3 Å². The van der Waals surface area contributed by atoms with E-state index >= 15 is 0 Å². The summed E-state index contributed by atoms with van der Waals surface area (Å²) in [4.78, 5) is 33.0. The van der Waals surface area contributed by atoms with Crippen molar-refractivity contribution < 1.29 is 24.7 Å². The van der Waals surface area contributed by atoms with Crippen LogP contribution in [0.3, 0.4) is 0 Å². The number of benzene rings is 1. The minimum atomic E-state index is -1.18. The molecular weight excluding hydrogens is 280 g/mol. The van der Waals surface area contributed by atoms with Gasteiger partial charge in [0.15, 0.2) is 5.75 Å². The van der Waals surface area contributed by atoms with Crippen LogP contribution in [0.5, 0.6) is 5.75 Å². The molecule has 3 N–H and O–H groups in total. The van der Waals surface area contributed by atoms with E-state index in [9.17, 15) is 24.8 Å². The number of hydrogen-bond donors (Lipinski definition) is 3. The van der Waals surface area contributed by atoms with E-state index in [2.05, 4.69) is 5.32 Å². The minimum Gasteiger partial charge on any atom is -0.502 e. The van der Waals surface area contributed by atoms with Crippen LogP contribution in [0.1, 0.15) is 30.6 Å². The van der Waals surface area contributed by atoms with Gasteiger partial charge < -0.3 is 15.5 Å². The van der Waals surface area contributed by atoms with Crippen LogP contribution >= 0.6 is 0 Å². The number of nitro groups is 1. The molecule has 114 valence electrons. The molecule has 1 aromatic rings. The lowest BCUT2D eigenvalue weighted by atomic mass is 9.99. The molecule has 0 unspecified atom stereocenters. The van der Waals surface area contributed by atoms with Crippen molar-refractivity contribution in [3.63, 3.8) is 0 Å². The SMILES string of the molecule is CC[C@H](C)[C@H](NC(=O)c1ccc(O)c([N+](=O)[O-])c1)C(=O)O. The second-order valence-corrected chi connectivity index (χ2v) is 4.64. The van der Waals surface area contributed by atoms with Gasteiger partial charge in [-0.15, -0.1) is 0 Å². The van der Waals surface area contributed by atoms with Gasteiger partial charge in [-0.1, -0.05) is 20.3 Å². The van der Waals surface area contributed by atoms with Crippen molar-refractivity contribution in [1.82, 2.24) is 5.32 Å². The van der Waals surface area contributed by atoms with Crippen LogP contribution in [-0.4, -0.2) is 33.1 Å². The summed E-state index contributed by atoms with van der Waals surface area (Å²) in [5, 5.41) is 31.4. The fourth-order valence-electron chi connectivity index (χ4n) is 1.72. The first-order chi connectivity index (χ1) is 9.77. The van der Waals surface area contributed by atoms with E-state index in [-0.39, 0.29) is 11.5 Å². The number of hydrogen-bond acceptors (Lipinski definition) is 5. The average Bonchev–Trinajstić information content (AvgIpc) is 2.43. The van der Waals surface area contributed by atoms with Crippen molar-refractivity contribution >= 4 is 17.6 Å². The third-order valence-electron chi connectivity index (χ3n) is 3.20. The van der Waals surface area contributed by atoms with Gasteiger partial charge in [0.2, 0.25) is 0 Å². The van der Waals surface area contributed by atoms with Crippen LogP contribution < -0.4 is 5.32 Å². The summed E-state index contributed by atoms with van der Waals surface area (Å²) in [5.74, 6) is -2.77. The number of carbonyl (C=O) groups excluding carboxylic acids is 1. The summed E-state index contributed by atoms with van der Waals surface area (Å²) in [6.45, 7) is 3.47. The molecule has 0 aliphatic heterocycles. The van der Waals surface area contributed by atoms with E-state index in [1.165, 1.54) is 6.07 Å². The molecule has 0 spiro atoms. The first-order valence-electron chi connectivity index (χ1n) is 6.29. The molecule has 0 radical (unpaired) electrons. The lowest BCUT2D eigenvalue weighted by Crippen LogP contribution is -2.45. The fourth-order valence-corrected chi connectivity index (χ4v) is 1.72. The average molecular weight is 296 g/mol. The van der Waals surface area contributed by atoms with E-state index in [0.29, 0.717) is 6.42 Å². The topological polar surface area (TPSA) is 130 Å². The number of carboxylic acid groups (broad SMARTS) is 1.